The number of aromatic nitrogens is 1. The van der Waals surface area contributed by atoms with E-state index in [4.69, 9.17) is 5.73 Å². The average molecular weight is 247 g/mol. The molecule has 0 aliphatic rings. The second-order valence-corrected chi connectivity index (χ2v) is 3.99. The highest BCUT2D eigenvalue weighted by atomic mass is 19.4. The molecule has 1 aromatic heterocycles. The molecule has 0 aliphatic carbocycles. The van der Waals surface area contributed by atoms with Gasteiger partial charge in [-0.2, -0.15) is 13.2 Å². The Balaban J connectivity index is 2.66. The van der Waals surface area contributed by atoms with Crippen LogP contribution in [0.3, 0.4) is 0 Å². The Labute approximate surface area is 98.4 Å². The summed E-state index contributed by atoms with van der Waals surface area (Å²) in [7, 11) is 0. The summed E-state index contributed by atoms with van der Waals surface area (Å²) in [6, 6.07) is 1.83. The van der Waals surface area contributed by atoms with Crippen molar-refractivity contribution in [1.29, 1.82) is 0 Å². The van der Waals surface area contributed by atoms with Gasteiger partial charge in [0.2, 0.25) is 0 Å². The van der Waals surface area contributed by atoms with Crippen LogP contribution < -0.4 is 5.73 Å². The van der Waals surface area contributed by atoms with Gasteiger partial charge in [0.1, 0.15) is 0 Å². The Morgan fingerprint density at radius 2 is 2.06 bits per heavy atom. The van der Waals surface area contributed by atoms with Crippen LogP contribution in [0.2, 0.25) is 0 Å². The van der Waals surface area contributed by atoms with Crippen molar-refractivity contribution in [2.24, 2.45) is 5.73 Å². The van der Waals surface area contributed by atoms with E-state index in [-0.39, 0.29) is 19.6 Å². The first-order valence-electron chi connectivity index (χ1n) is 5.30. The number of nitrogens with two attached hydrogens (primary N) is 1. The number of hydrogen-bond donors (Lipinski definition) is 1. The van der Waals surface area contributed by atoms with E-state index in [1.54, 1.807) is 12.4 Å². The van der Waals surface area contributed by atoms with Crippen LogP contribution >= 0.6 is 0 Å². The molecule has 0 spiro atoms. The van der Waals surface area contributed by atoms with E-state index in [0.29, 0.717) is 0 Å². The molecule has 0 amide bonds. The zero-order valence-electron chi connectivity index (χ0n) is 9.67. The van der Waals surface area contributed by atoms with Crippen molar-refractivity contribution in [3.8, 4) is 0 Å². The molecule has 0 fully saturated rings. The zero-order valence-corrected chi connectivity index (χ0v) is 9.67. The average Bonchev–Trinajstić information content (AvgIpc) is 2.15. The number of pyridine rings is 1. The van der Waals surface area contributed by atoms with Crippen molar-refractivity contribution < 1.29 is 13.2 Å². The van der Waals surface area contributed by atoms with Crippen molar-refractivity contribution >= 4 is 0 Å². The molecule has 0 atom stereocenters. The largest absolute Gasteiger partial charge is 0.401 e. The van der Waals surface area contributed by atoms with Crippen LogP contribution in [-0.2, 0) is 6.54 Å². The quantitative estimate of drug-likeness (QED) is 0.861. The highest BCUT2D eigenvalue weighted by Gasteiger charge is 2.30. The zero-order chi connectivity index (χ0) is 12.9. The van der Waals surface area contributed by atoms with Crippen LogP contribution in [-0.4, -0.2) is 35.7 Å². The Morgan fingerprint density at radius 1 is 1.35 bits per heavy atom. The van der Waals surface area contributed by atoms with E-state index < -0.39 is 12.7 Å². The number of alkyl halides is 3. The second-order valence-electron chi connectivity index (χ2n) is 3.99. The molecule has 6 heteroatoms. The van der Waals surface area contributed by atoms with Crippen LogP contribution in [0.5, 0.6) is 0 Å². The van der Waals surface area contributed by atoms with Crippen LogP contribution in [0.25, 0.3) is 0 Å². The van der Waals surface area contributed by atoms with Gasteiger partial charge in [0.25, 0.3) is 0 Å². The molecule has 2 N–H and O–H groups in total. The summed E-state index contributed by atoms with van der Waals surface area (Å²) in [5, 5.41) is 0. The van der Waals surface area contributed by atoms with Gasteiger partial charge < -0.3 is 5.73 Å². The van der Waals surface area contributed by atoms with Crippen molar-refractivity contribution in [3.63, 3.8) is 0 Å². The second kappa shape index (κ2) is 5.97. The SMILES string of the molecule is Cc1cncc(CN(CCN)CC(F)(F)F)c1. The fraction of sp³-hybridized carbons (Fsp3) is 0.545. The molecule has 17 heavy (non-hydrogen) atoms. The minimum absolute atomic E-state index is 0.204. The lowest BCUT2D eigenvalue weighted by molar-refractivity contribution is -0.146. The summed E-state index contributed by atoms with van der Waals surface area (Å²) >= 11 is 0. The monoisotopic (exact) mass is 247 g/mol. The van der Waals surface area contributed by atoms with Gasteiger partial charge in [-0.25, -0.2) is 0 Å². The van der Waals surface area contributed by atoms with Gasteiger partial charge in [-0.3, -0.25) is 9.88 Å². The first kappa shape index (κ1) is 13.9. The third-order valence-corrected chi connectivity index (χ3v) is 2.19. The van der Waals surface area contributed by atoms with Gasteiger partial charge in [-0.1, -0.05) is 6.07 Å². The minimum atomic E-state index is -4.20. The van der Waals surface area contributed by atoms with Crippen molar-refractivity contribution in [2.45, 2.75) is 19.6 Å². The lowest BCUT2D eigenvalue weighted by Gasteiger charge is -2.22. The standard InChI is InChI=1S/C11H16F3N3/c1-9-4-10(6-16-5-9)7-17(3-2-15)8-11(12,13)14/h4-6H,2-3,7-8,15H2,1H3. The highest BCUT2D eigenvalue weighted by molar-refractivity contribution is 5.16. The van der Waals surface area contributed by atoms with E-state index in [1.807, 2.05) is 13.0 Å². The number of hydrogen-bond acceptors (Lipinski definition) is 3. The topological polar surface area (TPSA) is 42.2 Å². The summed E-state index contributed by atoms with van der Waals surface area (Å²) in [5.41, 5.74) is 7.01. The van der Waals surface area contributed by atoms with Crippen LogP contribution in [0.15, 0.2) is 18.5 Å². The molecule has 0 bridgehead atoms. The molecule has 3 nitrogen and oxygen atoms in total. The summed E-state index contributed by atoms with van der Waals surface area (Å²) in [4.78, 5) is 5.23. The van der Waals surface area contributed by atoms with Gasteiger partial charge in [-0.05, 0) is 18.1 Å². The summed E-state index contributed by atoms with van der Waals surface area (Å²) in [5.74, 6) is 0. The fourth-order valence-corrected chi connectivity index (χ4v) is 1.61. The molecular weight excluding hydrogens is 231 g/mol. The number of rotatable bonds is 5. The molecule has 0 unspecified atom stereocenters. The molecular formula is C11H16F3N3. The van der Waals surface area contributed by atoms with E-state index in [9.17, 15) is 13.2 Å². The van der Waals surface area contributed by atoms with Crippen LogP contribution in [0, 0.1) is 6.92 Å². The third-order valence-electron chi connectivity index (χ3n) is 2.19. The normalized spacial score (nSPS) is 12.1. The molecule has 1 heterocycles. The predicted octanol–water partition coefficient (Wildman–Crippen LogP) is 1.71. The Morgan fingerprint density at radius 3 is 2.59 bits per heavy atom. The summed E-state index contributed by atoms with van der Waals surface area (Å²) in [6.45, 7) is 1.54. The van der Waals surface area contributed by atoms with Crippen LogP contribution in [0.4, 0.5) is 13.2 Å². The number of nitrogens with zero attached hydrogens (tertiary/aromatic N) is 2. The summed E-state index contributed by atoms with van der Waals surface area (Å²) < 4.78 is 36.9. The van der Waals surface area contributed by atoms with E-state index >= 15 is 0 Å². The minimum Gasteiger partial charge on any atom is -0.329 e. The van der Waals surface area contributed by atoms with Gasteiger partial charge in [0.15, 0.2) is 0 Å². The lowest BCUT2D eigenvalue weighted by Crippen LogP contribution is -2.37. The van der Waals surface area contributed by atoms with E-state index in [1.165, 1.54) is 4.90 Å². The number of aryl methyl sites for hydroxylation is 1. The van der Waals surface area contributed by atoms with Gasteiger partial charge in [0.05, 0.1) is 6.54 Å². The molecule has 1 rings (SSSR count). The maximum Gasteiger partial charge on any atom is 0.401 e. The molecule has 1 aromatic rings. The van der Waals surface area contributed by atoms with Crippen molar-refractivity contribution in [3.05, 3.63) is 29.6 Å². The summed E-state index contributed by atoms with van der Waals surface area (Å²) in [6.07, 6.45) is -0.958. The van der Waals surface area contributed by atoms with E-state index in [2.05, 4.69) is 4.98 Å². The number of halogens is 3. The van der Waals surface area contributed by atoms with Crippen LogP contribution in [0.1, 0.15) is 11.1 Å². The maximum absolute atomic E-state index is 12.3. The highest BCUT2D eigenvalue weighted by Crippen LogP contribution is 2.17. The molecule has 0 aromatic carbocycles. The third kappa shape index (κ3) is 5.65. The Kier molecular flexibility index (Phi) is 4.89. The Bertz CT molecular complexity index is 352. The smallest absolute Gasteiger partial charge is 0.329 e. The first-order valence-corrected chi connectivity index (χ1v) is 5.30. The lowest BCUT2D eigenvalue weighted by atomic mass is 10.2. The molecule has 0 saturated heterocycles. The predicted molar refractivity (Wildman–Crippen MR) is 59.4 cm³/mol. The molecule has 0 saturated carbocycles. The fourth-order valence-electron chi connectivity index (χ4n) is 1.61. The van der Waals surface area contributed by atoms with Gasteiger partial charge >= 0.3 is 6.18 Å². The molecule has 0 radical (unpaired) electrons. The molecule has 0 aliphatic heterocycles. The van der Waals surface area contributed by atoms with Crippen molar-refractivity contribution in [1.82, 2.24) is 9.88 Å². The molecule has 96 valence electrons. The van der Waals surface area contributed by atoms with E-state index in [0.717, 1.165) is 11.1 Å². The van der Waals surface area contributed by atoms with Gasteiger partial charge in [0, 0.05) is 32.0 Å². The maximum atomic E-state index is 12.3. The van der Waals surface area contributed by atoms with Gasteiger partial charge in [-0.15, -0.1) is 0 Å². The first-order chi connectivity index (χ1) is 7.90. The Hall–Kier alpha value is -1.14. The van der Waals surface area contributed by atoms with Crippen molar-refractivity contribution in [2.75, 3.05) is 19.6 Å².